The zero-order valence-electron chi connectivity index (χ0n) is 29.2. The molecule has 53 heavy (non-hydrogen) atoms. The van der Waals surface area contributed by atoms with E-state index in [2.05, 4.69) is 217 Å². The smallest absolute Gasteiger partial charge is 0.0540 e. The van der Waals surface area contributed by atoms with E-state index in [0.717, 1.165) is 17.1 Å². The van der Waals surface area contributed by atoms with Crippen molar-refractivity contribution in [2.24, 2.45) is 0 Å². The number of nitrogens with zero attached hydrogens (tertiary/aromatic N) is 1. The molecule has 0 bridgehead atoms. The summed E-state index contributed by atoms with van der Waals surface area (Å²) in [5, 5.41) is 9.89. The van der Waals surface area contributed by atoms with Crippen LogP contribution in [-0.4, -0.2) is 0 Å². The second-order valence-corrected chi connectivity index (χ2v) is 13.7. The molecule has 0 saturated carbocycles. The average molecular weight is 674 g/mol. The van der Waals surface area contributed by atoms with E-state index < -0.39 is 0 Å². The zero-order chi connectivity index (χ0) is 35.1. The van der Waals surface area contributed by atoms with Crippen molar-refractivity contribution in [1.29, 1.82) is 0 Å². The van der Waals surface area contributed by atoms with Crippen molar-refractivity contribution in [1.82, 2.24) is 0 Å². The van der Waals surface area contributed by atoms with Gasteiger partial charge in [-0.15, -0.1) is 0 Å². The summed E-state index contributed by atoms with van der Waals surface area (Å²) in [5.41, 5.74) is 10.8. The summed E-state index contributed by atoms with van der Waals surface area (Å²) in [6, 6.07) is 77.2. The number of benzene rings is 10. The van der Waals surface area contributed by atoms with Crippen molar-refractivity contribution in [3.05, 3.63) is 212 Å². The number of hydrogen-bond acceptors (Lipinski definition) is 1. The van der Waals surface area contributed by atoms with Gasteiger partial charge in [0.15, 0.2) is 0 Å². The van der Waals surface area contributed by atoms with Gasteiger partial charge in [0.2, 0.25) is 0 Å². The van der Waals surface area contributed by atoms with E-state index >= 15 is 0 Å². The molecule has 0 fully saturated rings. The molecule has 0 spiro atoms. The second kappa shape index (κ2) is 13.0. The van der Waals surface area contributed by atoms with E-state index in [9.17, 15) is 0 Å². The predicted molar refractivity (Wildman–Crippen MR) is 227 cm³/mol. The van der Waals surface area contributed by atoms with Crippen LogP contribution in [0.3, 0.4) is 0 Å². The van der Waals surface area contributed by atoms with E-state index in [4.69, 9.17) is 0 Å². The largest absolute Gasteiger partial charge is 0.309 e. The monoisotopic (exact) mass is 673 g/mol. The lowest BCUT2D eigenvalue weighted by Gasteiger charge is -2.28. The van der Waals surface area contributed by atoms with E-state index in [1.54, 1.807) is 0 Å². The third-order valence-electron chi connectivity index (χ3n) is 10.6. The van der Waals surface area contributed by atoms with Crippen LogP contribution in [0.5, 0.6) is 0 Å². The topological polar surface area (TPSA) is 3.24 Å². The highest BCUT2D eigenvalue weighted by atomic mass is 15.1. The first kappa shape index (κ1) is 30.8. The molecule has 0 amide bonds. The Hall–Kier alpha value is -6.96. The fourth-order valence-corrected chi connectivity index (χ4v) is 8.03. The molecule has 248 valence electrons. The molecule has 1 nitrogen and oxygen atoms in total. The molecular weight excluding hydrogens is 639 g/mol. The van der Waals surface area contributed by atoms with Crippen LogP contribution in [0.1, 0.15) is 0 Å². The summed E-state index contributed by atoms with van der Waals surface area (Å²) in [6.07, 6.45) is 0. The number of fused-ring (bicyclic) bond motifs is 4. The Labute approximate surface area is 309 Å². The molecule has 0 aliphatic carbocycles. The van der Waals surface area contributed by atoms with Crippen molar-refractivity contribution >= 4 is 60.2 Å². The fraction of sp³-hybridized carbons (Fsp3) is 0. The van der Waals surface area contributed by atoms with Crippen LogP contribution in [0.2, 0.25) is 0 Å². The van der Waals surface area contributed by atoms with Crippen molar-refractivity contribution < 1.29 is 0 Å². The molecule has 10 aromatic rings. The number of anilines is 3. The Balaban J connectivity index is 1.06. The fourth-order valence-electron chi connectivity index (χ4n) is 8.03. The molecule has 0 saturated heterocycles. The number of hydrogen-bond donors (Lipinski definition) is 0. The van der Waals surface area contributed by atoms with Crippen LogP contribution in [0, 0.1) is 0 Å². The van der Waals surface area contributed by atoms with Gasteiger partial charge in [0.05, 0.1) is 11.4 Å². The molecule has 0 atom stereocenters. The summed E-state index contributed by atoms with van der Waals surface area (Å²) in [4.78, 5) is 2.42. The summed E-state index contributed by atoms with van der Waals surface area (Å²) in [6.45, 7) is 0. The number of rotatable bonds is 6. The molecule has 0 N–H and O–H groups in total. The Morgan fingerprint density at radius 2 is 0.642 bits per heavy atom. The van der Waals surface area contributed by atoms with Crippen LogP contribution in [-0.2, 0) is 0 Å². The molecule has 0 heterocycles. The van der Waals surface area contributed by atoms with Crippen LogP contribution in [0.25, 0.3) is 76.5 Å². The van der Waals surface area contributed by atoms with Crippen LogP contribution >= 0.6 is 0 Å². The minimum absolute atomic E-state index is 1.12. The molecule has 1 heteroatoms. The molecular formula is C52H35N. The van der Waals surface area contributed by atoms with Crippen LogP contribution in [0.15, 0.2) is 212 Å². The summed E-state index contributed by atoms with van der Waals surface area (Å²) >= 11 is 0. The third kappa shape index (κ3) is 5.51. The van der Waals surface area contributed by atoms with Gasteiger partial charge in [0.25, 0.3) is 0 Å². The Morgan fingerprint density at radius 1 is 0.245 bits per heavy atom. The van der Waals surface area contributed by atoms with Crippen molar-refractivity contribution in [3.8, 4) is 33.4 Å². The Morgan fingerprint density at radius 3 is 1.19 bits per heavy atom. The van der Waals surface area contributed by atoms with Crippen molar-refractivity contribution in [2.75, 3.05) is 4.90 Å². The first-order valence-corrected chi connectivity index (χ1v) is 18.3. The Bertz CT molecular complexity index is 2830. The minimum Gasteiger partial charge on any atom is -0.309 e. The lowest BCUT2D eigenvalue weighted by atomic mass is 9.92. The Kier molecular flexibility index (Phi) is 7.55. The summed E-state index contributed by atoms with van der Waals surface area (Å²) in [7, 11) is 0. The first-order chi connectivity index (χ1) is 26.3. The van der Waals surface area contributed by atoms with E-state index in [1.807, 2.05) is 0 Å². The molecule has 0 aliphatic rings. The van der Waals surface area contributed by atoms with Gasteiger partial charge in [-0.25, -0.2) is 0 Å². The predicted octanol–water partition coefficient (Wildman–Crippen LogP) is 14.8. The molecule has 0 unspecified atom stereocenters. The maximum absolute atomic E-state index is 2.42. The lowest BCUT2D eigenvalue weighted by Crippen LogP contribution is -2.11. The van der Waals surface area contributed by atoms with Crippen LogP contribution in [0.4, 0.5) is 17.1 Å². The van der Waals surface area contributed by atoms with Gasteiger partial charge in [-0.05, 0) is 102 Å². The van der Waals surface area contributed by atoms with Crippen molar-refractivity contribution in [3.63, 3.8) is 0 Å². The van der Waals surface area contributed by atoms with Gasteiger partial charge >= 0.3 is 0 Å². The SMILES string of the molecule is c1ccc(-c2ccc(-c3cccc4cc5c(-c6ccc(N(c7cccc8ccccc78)c7cccc8ccccc78)cc6)cccc5cc34)cc2)cc1. The maximum Gasteiger partial charge on any atom is 0.0540 e. The van der Waals surface area contributed by atoms with Gasteiger partial charge < -0.3 is 4.90 Å². The highest BCUT2D eigenvalue weighted by molar-refractivity contribution is 6.09. The molecule has 0 radical (unpaired) electrons. The highest BCUT2D eigenvalue weighted by Gasteiger charge is 2.18. The standard InChI is InChI=1S/C52H35N/c1-2-12-36(13-3-1)37-26-28-40(29-27-37)45-22-8-18-42-35-50-43(34-49(42)45)19-9-23-46(50)41-30-32-44(33-31-41)53(51-24-10-16-38-14-4-6-20-47(38)51)52-25-11-17-39-15-5-7-21-48(39)52/h1-35H. The molecule has 10 rings (SSSR count). The summed E-state index contributed by atoms with van der Waals surface area (Å²) in [5.74, 6) is 0. The minimum atomic E-state index is 1.12. The van der Waals surface area contributed by atoms with E-state index in [1.165, 1.54) is 76.5 Å². The average Bonchev–Trinajstić information content (AvgIpc) is 3.23. The molecule has 0 aliphatic heterocycles. The van der Waals surface area contributed by atoms with Gasteiger partial charge in [0.1, 0.15) is 0 Å². The van der Waals surface area contributed by atoms with E-state index in [-0.39, 0.29) is 0 Å². The van der Waals surface area contributed by atoms with Crippen LogP contribution < -0.4 is 4.90 Å². The van der Waals surface area contributed by atoms with Gasteiger partial charge in [0, 0.05) is 16.5 Å². The third-order valence-corrected chi connectivity index (χ3v) is 10.6. The zero-order valence-corrected chi connectivity index (χ0v) is 29.2. The molecule has 0 aromatic heterocycles. The highest BCUT2D eigenvalue weighted by Crippen LogP contribution is 2.43. The van der Waals surface area contributed by atoms with Gasteiger partial charge in [-0.1, -0.05) is 176 Å². The maximum atomic E-state index is 2.42. The normalized spacial score (nSPS) is 11.4. The van der Waals surface area contributed by atoms with Gasteiger partial charge in [-0.3, -0.25) is 0 Å². The first-order valence-electron chi connectivity index (χ1n) is 18.3. The van der Waals surface area contributed by atoms with E-state index in [0.29, 0.717) is 0 Å². The quantitative estimate of drug-likeness (QED) is 0.159. The lowest BCUT2D eigenvalue weighted by molar-refractivity contribution is 1.31. The van der Waals surface area contributed by atoms with Gasteiger partial charge in [-0.2, -0.15) is 0 Å². The molecule has 10 aromatic carbocycles. The van der Waals surface area contributed by atoms with Crippen molar-refractivity contribution in [2.45, 2.75) is 0 Å². The summed E-state index contributed by atoms with van der Waals surface area (Å²) < 4.78 is 0. The second-order valence-electron chi connectivity index (χ2n) is 13.7.